The first kappa shape index (κ1) is 8.49. The second-order valence-corrected chi connectivity index (χ2v) is 4.61. The van der Waals surface area contributed by atoms with Crippen LogP contribution in [0, 0.1) is 0 Å². The highest BCUT2D eigenvalue weighted by Gasteiger charge is 2.34. The molecule has 0 aromatic heterocycles. The lowest BCUT2D eigenvalue weighted by Crippen LogP contribution is -2.51. The lowest BCUT2D eigenvalue weighted by molar-refractivity contribution is 0.0450. The molecular weight excluding hydrogens is 170 g/mol. The van der Waals surface area contributed by atoms with Gasteiger partial charge in [0.1, 0.15) is 0 Å². The van der Waals surface area contributed by atoms with Gasteiger partial charge in [0.25, 0.3) is 0 Å². The molecule has 2 aliphatic rings. The summed E-state index contributed by atoms with van der Waals surface area (Å²) < 4.78 is 0. The first-order valence-electron chi connectivity index (χ1n) is 5.72. The van der Waals surface area contributed by atoms with E-state index in [1.807, 2.05) is 0 Å². The van der Waals surface area contributed by atoms with Crippen LogP contribution in [0.25, 0.3) is 0 Å². The van der Waals surface area contributed by atoms with E-state index in [1.165, 1.54) is 32.4 Å². The molecule has 0 aliphatic carbocycles. The maximum Gasteiger partial charge on any atom is 0.0113 e. The Balaban J connectivity index is 1.74. The van der Waals surface area contributed by atoms with Gasteiger partial charge in [0.15, 0.2) is 0 Å². The van der Waals surface area contributed by atoms with Gasteiger partial charge in [-0.05, 0) is 43.8 Å². The van der Waals surface area contributed by atoms with Crippen molar-refractivity contribution in [3.63, 3.8) is 0 Å². The fraction of sp³-hybridized carbons (Fsp3) is 0.538. The zero-order valence-electron chi connectivity index (χ0n) is 8.52. The smallest absolute Gasteiger partial charge is 0.0113 e. The van der Waals surface area contributed by atoms with E-state index in [1.54, 1.807) is 5.56 Å². The van der Waals surface area contributed by atoms with Crippen molar-refractivity contribution < 1.29 is 0 Å². The zero-order valence-corrected chi connectivity index (χ0v) is 8.52. The van der Waals surface area contributed by atoms with Crippen LogP contribution in [0.2, 0.25) is 0 Å². The summed E-state index contributed by atoms with van der Waals surface area (Å²) in [5, 5.41) is 0. The molecule has 0 N–H and O–H groups in total. The minimum absolute atomic E-state index is 0.831. The molecule has 14 heavy (non-hydrogen) atoms. The number of fused-ring (bicyclic) bond motifs is 1. The molecule has 0 spiro atoms. The minimum atomic E-state index is 0.831. The van der Waals surface area contributed by atoms with Crippen molar-refractivity contribution in [2.75, 3.05) is 13.1 Å². The standard InChI is InChI=1S/C13H17N/c1-2-4-11(5-3-1)12-6-8-14-9-7-13(14)10-12/h1-5,12-13H,6-10H2. The van der Waals surface area contributed by atoms with E-state index < -0.39 is 0 Å². The van der Waals surface area contributed by atoms with Crippen molar-refractivity contribution in [1.29, 1.82) is 0 Å². The maximum absolute atomic E-state index is 2.64. The maximum atomic E-state index is 2.64. The molecule has 0 saturated carbocycles. The molecule has 1 aromatic rings. The third kappa shape index (κ3) is 1.36. The van der Waals surface area contributed by atoms with Crippen molar-refractivity contribution in [3.8, 4) is 0 Å². The van der Waals surface area contributed by atoms with Gasteiger partial charge in [-0.2, -0.15) is 0 Å². The summed E-state index contributed by atoms with van der Waals surface area (Å²) in [6, 6.07) is 11.9. The highest BCUT2D eigenvalue weighted by atomic mass is 15.2. The summed E-state index contributed by atoms with van der Waals surface area (Å²) >= 11 is 0. The van der Waals surface area contributed by atoms with E-state index in [0.29, 0.717) is 0 Å². The molecule has 2 unspecified atom stereocenters. The van der Waals surface area contributed by atoms with Gasteiger partial charge < -0.3 is 4.90 Å². The Morgan fingerprint density at radius 3 is 2.43 bits per heavy atom. The zero-order chi connectivity index (χ0) is 9.38. The second-order valence-electron chi connectivity index (χ2n) is 4.61. The predicted molar refractivity (Wildman–Crippen MR) is 58.4 cm³/mol. The fourth-order valence-electron chi connectivity index (χ4n) is 2.85. The van der Waals surface area contributed by atoms with Gasteiger partial charge in [0.2, 0.25) is 0 Å². The number of nitrogens with zero attached hydrogens (tertiary/aromatic N) is 1. The summed E-state index contributed by atoms with van der Waals surface area (Å²) in [7, 11) is 0. The Morgan fingerprint density at radius 2 is 1.79 bits per heavy atom. The Bertz CT molecular complexity index is 306. The topological polar surface area (TPSA) is 3.24 Å². The molecule has 3 rings (SSSR count). The molecule has 0 radical (unpaired) electrons. The Morgan fingerprint density at radius 1 is 1.00 bits per heavy atom. The first-order valence-corrected chi connectivity index (χ1v) is 5.72. The normalized spacial score (nSPS) is 32.0. The highest BCUT2D eigenvalue weighted by Crippen LogP contribution is 2.36. The average molecular weight is 187 g/mol. The van der Waals surface area contributed by atoms with E-state index in [0.717, 1.165) is 12.0 Å². The van der Waals surface area contributed by atoms with E-state index in [4.69, 9.17) is 0 Å². The van der Waals surface area contributed by atoms with Crippen LogP contribution in [0.4, 0.5) is 0 Å². The summed E-state index contributed by atoms with van der Waals surface area (Å²) in [4.78, 5) is 2.64. The van der Waals surface area contributed by atoms with Crippen molar-refractivity contribution >= 4 is 0 Å². The molecule has 2 heterocycles. The lowest BCUT2D eigenvalue weighted by atomic mass is 9.81. The van der Waals surface area contributed by atoms with E-state index in [9.17, 15) is 0 Å². The Kier molecular flexibility index (Phi) is 2.06. The molecule has 1 nitrogen and oxygen atoms in total. The van der Waals surface area contributed by atoms with Gasteiger partial charge in [0.05, 0.1) is 0 Å². The number of rotatable bonds is 1. The first-order chi connectivity index (χ1) is 6.93. The largest absolute Gasteiger partial charge is 0.300 e. The van der Waals surface area contributed by atoms with Crippen LogP contribution in [0.5, 0.6) is 0 Å². The summed E-state index contributed by atoms with van der Waals surface area (Å²) in [6.07, 6.45) is 4.19. The van der Waals surface area contributed by atoms with Gasteiger partial charge in [-0.3, -0.25) is 0 Å². The van der Waals surface area contributed by atoms with Crippen LogP contribution in [-0.4, -0.2) is 24.0 Å². The third-order valence-electron chi connectivity index (χ3n) is 3.86. The molecular formula is C13H17N. The molecule has 0 bridgehead atoms. The molecule has 2 atom stereocenters. The van der Waals surface area contributed by atoms with Gasteiger partial charge in [-0.1, -0.05) is 30.3 Å². The van der Waals surface area contributed by atoms with Crippen LogP contribution >= 0.6 is 0 Å². The predicted octanol–water partition coefficient (Wildman–Crippen LogP) is 2.64. The van der Waals surface area contributed by atoms with Gasteiger partial charge >= 0.3 is 0 Å². The van der Waals surface area contributed by atoms with E-state index >= 15 is 0 Å². The molecule has 1 aromatic carbocycles. The second kappa shape index (κ2) is 3.39. The molecule has 74 valence electrons. The fourth-order valence-corrected chi connectivity index (χ4v) is 2.85. The molecule has 0 amide bonds. The molecule has 1 heteroatoms. The number of hydrogen-bond acceptors (Lipinski definition) is 1. The van der Waals surface area contributed by atoms with Crippen molar-refractivity contribution in [3.05, 3.63) is 35.9 Å². The SMILES string of the molecule is c1ccc(C2CCN3CCC3C2)cc1. The monoisotopic (exact) mass is 187 g/mol. The molecule has 2 fully saturated rings. The lowest BCUT2D eigenvalue weighted by Gasteiger charge is -2.47. The van der Waals surface area contributed by atoms with Gasteiger partial charge in [-0.15, -0.1) is 0 Å². The van der Waals surface area contributed by atoms with Crippen LogP contribution in [-0.2, 0) is 0 Å². The highest BCUT2D eigenvalue weighted by molar-refractivity contribution is 5.20. The third-order valence-corrected chi connectivity index (χ3v) is 3.86. The number of piperidine rings is 1. The van der Waals surface area contributed by atoms with Crippen LogP contribution in [0.15, 0.2) is 30.3 Å². The number of hydrogen-bond donors (Lipinski definition) is 0. The summed E-state index contributed by atoms with van der Waals surface area (Å²) in [6.45, 7) is 2.68. The van der Waals surface area contributed by atoms with Crippen molar-refractivity contribution in [2.24, 2.45) is 0 Å². The van der Waals surface area contributed by atoms with Crippen molar-refractivity contribution in [2.45, 2.75) is 31.2 Å². The van der Waals surface area contributed by atoms with E-state index in [-0.39, 0.29) is 0 Å². The van der Waals surface area contributed by atoms with Gasteiger partial charge in [0, 0.05) is 6.04 Å². The Hall–Kier alpha value is -0.820. The Labute approximate surface area is 85.7 Å². The minimum Gasteiger partial charge on any atom is -0.300 e. The summed E-state index contributed by atoms with van der Waals surface area (Å²) in [5.74, 6) is 0.831. The van der Waals surface area contributed by atoms with Crippen LogP contribution in [0.3, 0.4) is 0 Å². The van der Waals surface area contributed by atoms with Crippen LogP contribution in [0.1, 0.15) is 30.7 Å². The van der Waals surface area contributed by atoms with E-state index in [2.05, 4.69) is 35.2 Å². The average Bonchev–Trinajstić information content (AvgIpc) is 2.21. The van der Waals surface area contributed by atoms with Gasteiger partial charge in [-0.25, -0.2) is 0 Å². The summed E-state index contributed by atoms with van der Waals surface area (Å²) in [5.41, 5.74) is 1.55. The molecule has 2 aliphatic heterocycles. The van der Waals surface area contributed by atoms with Crippen LogP contribution < -0.4 is 0 Å². The quantitative estimate of drug-likeness (QED) is 0.653. The molecule has 2 saturated heterocycles. The van der Waals surface area contributed by atoms with Crippen molar-refractivity contribution in [1.82, 2.24) is 4.90 Å². The number of benzene rings is 1.